The smallest absolute Gasteiger partial charge is 0.134 e. The standard InChI is InChI=1S/C10H19FO/c1-3-12-8-10(11)6-4-9(2)5-7-10/h9H,3-8H2,1-2H3. The quantitative estimate of drug-likeness (QED) is 0.639. The fraction of sp³-hybridized carbons (Fsp3) is 1.00. The highest BCUT2D eigenvalue weighted by Crippen LogP contribution is 2.34. The third-order valence-electron chi connectivity index (χ3n) is 2.74. The van der Waals surface area contributed by atoms with Gasteiger partial charge in [-0.3, -0.25) is 0 Å². The van der Waals surface area contributed by atoms with Crippen molar-refractivity contribution in [2.45, 2.75) is 45.2 Å². The van der Waals surface area contributed by atoms with Crippen molar-refractivity contribution in [1.29, 1.82) is 0 Å². The number of halogens is 1. The molecule has 0 bridgehead atoms. The van der Waals surface area contributed by atoms with Crippen LogP contribution in [0.25, 0.3) is 0 Å². The Morgan fingerprint density at radius 3 is 2.50 bits per heavy atom. The van der Waals surface area contributed by atoms with E-state index in [0.717, 1.165) is 12.8 Å². The molecule has 72 valence electrons. The summed E-state index contributed by atoms with van der Waals surface area (Å²) in [6, 6.07) is 0. The Bertz CT molecular complexity index is 122. The summed E-state index contributed by atoms with van der Waals surface area (Å²) in [5, 5.41) is 0. The van der Waals surface area contributed by atoms with E-state index in [2.05, 4.69) is 6.92 Å². The molecule has 1 nitrogen and oxygen atoms in total. The van der Waals surface area contributed by atoms with E-state index >= 15 is 0 Å². The molecule has 1 rings (SSSR count). The second-order valence-electron chi connectivity index (χ2n) is 3.97. The van der Waals surface area contributed by atoms with Gasteiger partial charge in [-0.25, -0.2) is 4.39 Å². The molecule has 0 N–H and O–H groups in total. The van der Waals surface area contributed by atoms with Gasteiger partial charge >= 0.3 is 0 Å². The van der Waals surface area contributed by atoms with Crippen LogP contribution >= 0.6 is 0 Å². The molecule has 0 atom stereocenters. The predicted molar refractivity (Wildman–Crippen MR) is 48.0 cm³/mol. The van der Waals surface area contributed by atoms with E-state index in [4.69, 9.17) is 4.74 Å². The normalized spacial score (nSPS) is 36.8. The van der Waals surface area contributed by atoms with Crippen LogP contribution in [0.4, 0.5) is 4.39 Å². The molecule has 1 aliphatic carbocycles. The zero-order valence-electron chi connectivity index (χ0n) is 8.11. The average molecular weight is 174 g/mol. The van der Waals surface area contributed by atoms with Crippen LogP contribution in [0.2, 0.25) is 0 Å². The van der Waals surface area contributed by atoms with Crippen molar-refractivity contribution < 1.29 is 9.13 Å². The van der Waals surface area contributed by atoms with Gasteiger partial charge in [0.15, 0.2) is 0 Å². The van der Waals surface area contributed by atoms with Gasteiger partial charge in [0.25, 0.3) is 0 Å². The number of alkyl halides is 1. The fourth-order valence-electron chi connectivity index (χ4n) is 1.71. The van der Waals surface area contributed by atoms with Crippen molar-refractivity contribution in [3.8, 4) is 0 Å². The number of rotatable bonds is 3. The summed E-state index contributed by atoms with van der Waals surface area (Å²) >= 11 is 0. The molecule has 0 saturated heterocycles. The minimum absolute atomic E-state index is 0.302. The first-order chi connectivity index (χ1) is 5.66. The second kappa shape index (κ2) is 4.22. The maximum Gasteiger partial charge on any atom is 0.134 e. The lowest BCUT2D eigenvalue weighted by Gasteiger charge is -2.32. The topological polar surface area (TPSA) is 9.23 Å². The lowest BCUT2D eigenvalue weighted by molar-refractivity contribution is -0.0114. The first kappa shape index (κ1) is 9.97. The molecule has 0 aliphatic heterocycles. The minimum atomic E-state index is -1.01. The first-order valence-electron chi connectivity index (χ1n) is 4.93. The number of ether oxygens (including phenoxy) is 1. The summed E-state index contributed by atoms with van der Waals surface area (Å²) in [6.07, 6.45) is 3.41. The first-order valence-corrected chi connectivity index (χ1v) is 4.93. The van der Waals surface area contributed by atoms with Gasteiger partial charge < -0.3 is 4.74 Å². The van der Waals surface area contributed by atoms with E-state index in [-0.39, 0.29) is 0 Å². The Balaban J connectivity index is 2.29. The molecule has 1 aliphatic rings. The summed E-state index contributed by atoms with van der Waals surface area (Å²) in [7, 11) is 0. The molecular weight excluding hydrogens is 155 g/mol. The van der Waals surface area contributed by atoms with Crippen molar-refractivity contribution in [3.63, 3.8) is 0 Å². The number of hydrogen-bond donors (Lipinski definition) is 0. The molecule has 0 radical (unpaired) electrons. The maximum atomic E-state index is 13.8. The molecule has 0 aromatic rings. The Kier molecular flexibility index (Phi) is 3.51. The van der Waals surface area contributed by atoms with Gasteiger partial charge in [-0.05, 0) is 38.5 Å². The molecule has 0 amide bonds. The highest BCUT2D eigenvalue weighted by molar-refractivity contribution is 4.84. The van der Waals surface area contributed by atoms with Gasteiger partial charge in [-0.2, -0.15) is 0 Å². The van der Waals surface area contributed by atoms with Crippen LogP contribution in [0.3, 0.4) is 0 Å². The van der Waals surface area contributed by atoms with Gasteiger partial charge in [-0.15, -0.1) is 0 Å². The number of hydrogen-bond acceptors (Lipinski definition) is 1. The zero-order chi connectivity index (χ0) is 9.03. The summed E-state index contributed by atoms with van der Waals surface area (Å²) in [6.45, 7) is 5.03. The van der Waals surface area contributed by atoms with Crippen molar-refractivity contribution >= 4 is 0 Å². The van der Waals surface area contributed by atoms with Gasteiger partial charge in [0, 0.05) is 6.61 Å². The molecule has 0 heterocycles. The van der Waals surface area contributed by atoms with Crippen molar-refractivity contribution in [1.82, 2.24) is 0 Å². The Hall–Kier alpha value is -0.110. The predicted octanol–water partition coefficient (Wildman–Crippen LogP) is 2.94. The largest absolute Gasteiger partial charge is 0.378 e. The van der Waals surface area contributed by atoms with Gasteiger partial charge in [0.05, 0.1) is 6.61 Å². The summed E-state index contributed by atoms with van der Waals surface area (Å²) in [4.78, 5) is 0. The van der Waals surface area contributed by atoms with Crippen LogP contribution < -0.4 is 0 Å². The highest BCUT2D eigenvalue weighted by atomic mass is 19.1. The van der Waals surface area contributed by atoms with Crippen LogP contribution in [0, 0.1) is 5.92 Å². The van der Waals surface area contributed by atoms with E-state index < -0.39 is 5.67 Å². The van der Waals surface area contributed by atoms with Crippen LogP contribution in [0.5, 0.6) is 0 Å². The fourth-order valence-corrected chi connectivity index (χ4v) is 1.71. The molecule has 2 heteroatoms. The third kappa shape index (κ3) is 2.74. The van der Waals surface area contributed by atoms with Crippen molar-refractivity contribution in [2.75, 3.05) is 13.2 Å². The van der Waals surface area contributed by atoms with E-state index in [0.29, 0.717) is 32.0 Å². The molecule has 0 spiro atoms. The van der Waals surface area contributed by atoms with Crippen molar-refractivity contribution in [2.24, 2.45) is 5.92 Å². The second-order valence-corrected chi connectivity index (χ2v) is 3.97. The molecule has 0 aromatic heterocycles. The molecule has 0 unspecified atom stereocenters. The average Bonchev–Trinajstić information content (AvgIpc) is 2.08. The van der Waals surface area contributed by atoms with Crippen LogP contribution in [-0.4, -0.2) is 18.9 Å². The Labute approximate surface area is 74.3 Å². The van der Waals surface area contributed by atoms with Gasteiger partial charge in [-0.1, -0.05) is 6.92 Å². The van der Waals surface area contributed by atoms with E-state index in [1.165, 1.54) is 0 Å². The van der Waals surface area contributed by atoms with Crippen molar-refractivity contribution in [3.05, 3.63) is 0 Å². The zero-order valence-corrected chi connectivity index (χ0v) is 8.11. The summed E-state index contributed by atoms with van der Waals surface area (Å²) in [5.74, 6) is 0.704. The maximum absolute atomic E-state index is 13.8. The molecule has 12 heavy (non-hydrogen) atoms. The van der Waals surface area contributed by atoms with E-state index in [9.17, 15) is 4.39 Å². The summed E-state index contributed by atoms with van der Waals surface area (Å²) in [5.41, 5.74) is -1.01. The summed E-state index contributed by atoms with van der Waals surface area (Å²) < 4.78 is 18.9. The Morgan fingerprint density at radius 1 is 1.42 bits per heavy atom. The molecule has 1 saturated carbocycles. The monoisotopic (exact) mass is 174 g/mol. The molecule has 1 fully saturated rings. The Morgan fingerprint density at radius 2 is 2.00 bits per heavy atom. The van der Waals surface area contributed by atoms with E-state index in [1.54, 1.807) is 0 Å². The third-order valence-corrected chi connectivity index (χ3v) is 2.74. The van der Waals surface area contributed by atoms with Gasteiger partial charge in [0.2, 0.25) is 0 Å². The van der Waals surface area contributed by atoms with Crippen LogP contribution in [0.15, 0.2) is 0 Å². The lowest BCUT2D eigenvalue weighted by atomic mass is 9.81. The minimum Gasteiger partial charge on any atom is -0.378 e. The van der Waals surface area contributed by atoms with Gasteiger partial charge in [0.1, 0.15) is 5.67 Å². The molecule has 0 aromatic carbocycles. The SMILES string of the molecule is CCOCC1(F)CCC(C)CC1. The molecular formula is C10H19FO. The van der Waals surface area contributed by atoms with Crippen LogP contribution in [0.1, 0.15) is 39.5 Å². The lowest BCUT2D eigenvalue weighted by Crippen LogP contribution is -2.33. The van der Waals surface area contributed by atoms with E-state index in [1.807, 2.05) is 6.92 Å². The van der Waals surface area contributed by atoms with Crippen LogP contribution in [-0.2, 0) is 4.74 Å². The highest BCUT2D eigenvalue weighted by Gasteiger charge is 2.33.